The van der Waals surface area contributed by atoms with Gasteiger partial charge >= 0.3 is 5.97 Å². The number of hydrogen-bond acceptors (Lipinski definition) is 12. The van der Waals surface area contributed by atoms with Gasteiger partial charge in [0.2, 0.25) is 41.4 Å². The first kappa shape index (κ1) is 44.9. The van der Waals surface area contributed by atoms with Gasteiger partial charge in [-0.3, -0.25) is 38.6 Å². The van der Waals surface area contributed by atoms with Gasteiger partial charge in [-0.1, -0.05) is 13.8 Å². The number of amides is 7. The van der Waals surface area contributed by atoms with E-state index in [1.807, 2.05) is 5.32 Å². The second-order valence-corrected chi connectivity index (χ2v) is 12.7. The maximum atomic E-state index is 13.6. The lowest BCUT2D eigenvalue weighted by atomic mass is 10.0. The van der Waals surface area contributed by atoms with Crippen LogP contribution in [0, 0.1) is 5.92 Å². The first-order valence-electron chi connectivity index (χ1n) is 16.7. The van der Waals surface area contributed by atoms with E-state index in [1.54, 1.807) is 13.8 Å². The maximum Gasteiger partial charge on any atom is 0.328 e. The summed E-state index contributed by atoms with van der Waals surface area (Å²) in [6.07, 6.45) is -0.987. The molecule has 1 aliphatic heterocycles. The number of carbonyl (C=O) groups is 8. The van der Waals surface area contributed by atoms with Gasteiger partial charge in [0.15, 0.2) is 5.96 Å². The topological polar surface area (TPSA) is 372 Å². The number of hydrogen-bond donors (Lipinski definition) is 13. The van der Waals surface area contributed by atoms with Gasteiger partial charge in [-0.25, -0.2) is 4.79 Å². The highest BCUT2D eigenvalue weighted by atomic mass is 16.4. The minimum absolute atomic E-state index is 0.0365. The van der Waals surface area contributed by atoms with Crippen LogP contribution >= 0.6 is 0 Å². The first-order valence-corrected chi connectivity index (χ1v) is 16.7. The Morgan fingerprint density at radius 2 is 1.33 bits per heavy atom. The van der Waals surface area contributed by atoms with Crippen LogP contribution in [0.25, 0.3) is 0 Å². The van der Waals surface area contributed by atoms with E-state index in [4.69, 9.17) is 22.3 Å². The minimum Gasteiger partial charge on any atom is -0.480 e. The molecule has 0 aromatic carbocycles. The van der Waals surface area contributed by atoms with Gasteiger partial charge in [0.1, 0.15) is 36.3 Å². The van der Waals surface area contributed by atoms with Crippen molar-refractivity contribution in [1.82, 2.24) is 37.2 Å². The molecular weight excluding hydrogens is 690 g/mol. The molecular formula is C30H53N11O11. The third kappa shape index (κ3) is 15.4. The Labute approximate surface area is 300 Å². The molecule has 16 N–H and O–H groups in total. The quantitative estimate of drug-likeness (QED) is 0.0279. The molecule has 0 unspecified atom stereocenters. The van der Waals surface area contributed by atoms with E-state index in [1.165, 1.54) is 6.92 Å². The molecule has 22 nitrogen and oxygen atoms in total. The van der Waals surface area contributed by atoms with Crippen molar-refractivity contribution in [2.75, 3.05) is 19.7 Å². The summed E-state index contributed by atoms with van der Waals surface area (Å²) in [5, 5.41) is 45.9. The number of carboxylic acids is 1. The predicted molar refractivity (Wildman–Crippen MR) is 183 cm³/mol. The highest BCUT2D eigenvalue weighted by molar-refractivity contribution is 5.98. The van der Waals surface area contributed by atoms with Gasteiger partial charge < -0.3 is 69.7 Å². The fourth-order valence-corrected chi connectivity index (χ4v) is 4.92. The lowest BCUT2D eigenvalue weighted by molar-refractivity contribution is -0.143. The number of rotatable bonds is 22. The van der Waals surface area contributed by atoms with E-state index in [0.717, 1.165) is 13.3 Å². The molecule has 52 heavy (non-hydrogen) atoms. The van der Waals surface area contributed by atoms with Gasteiger partial charge in [-0.2, -0.15) is 0 Å². The summed E-state index contributed by atoms with van der Waals surface area (Å²) in [4.78, 5) is 105. The smallest absolute Gasteiger partial charge is 0.328 e. The molecule has 294 valence electrons. The summed E-state index contributed by atoms with van der Waals surface area (Å²) < 4.78 is 0. The van der Waals surface area contributed by atoms with Gasteiger partial charge in [-0.05, 0) is 52.0 Å². The Kier molecular flexibility index (Phi) is 19.0. The number of aliphatic carboxylic acids is 1. The monoisotopic (exact) mass is 743 g/mol. The molecule has 0 aromatic rings. The molecule has 0 aromatic heterocycles. The lowest BCUT2D eigenvalue weighted by Crippen LogP contribution is -2.62. The number of nitrogens with two attached hydrogens (primary N) is 3. The van der Waals surface area contributed by atoms with E-state index in [2.05, 4.69) is 36.9 Å². The highest BCUT2D eigenvalue weighted by Crippen LogP contribution is 2.09. The highest BCUT2D eigenvalue weighted by Gasteiger charge is 2.35. The molecule has 1 aliphatic rings. The van der Waals surface area contributed by atoms with Crippen molar-refractivity contribution in [3.63, 3.8) is 0 Å². The molecule has 0 aliphatic carbocycles. The molecule has 0 radical (unpaired) electrons. The average Bonchev–Trinajstić information content (AvgIpc) is 3.60. The van der Waals surface area contributed by atoms with Crippen molar-refractivity contribution in [2.45, 2.75) is 108 Å². The maximum absolute atomic E-state index is 13.6. The van der Waals surface area contributed by atoms with E-state index >= 15 is 0 Å². The molecule has 0 spiro atoms. The van der Waals surface area contributed by atoms with Crippen molar-refractivity contribution in [3.05, 3.63) is 0 Å². The van der Waals surface area contributed by atoms with Crippen LogP contribution in [0.15, 0.2) is 4.99 Å². The number of aliphatic hydroxyl groups excluding tert-OH is 2. The molecule has 7 amide bonds. The number of carbonyl (C=O) groups excluding carboxylic acids is 7. The summed E-state index contributed by atoms with van der Waals surface area (Å²) in [5.41, 5.74) is 15.9. The van der Waals surface area contributed by atoms with Crippen molar-refractivity contribution < 1.29 is 53.7 Å². The Bertz CT molecular complexity index is 1320. The molecule has 1 saturated heterocycles. The Balaban J connectivity index is 3.19. The third-order valence-electron chi connectivity index (χ3n) is 7.85. The molecule has 0 bridgehead atoms. The number of guanidine groups is 1. The van der Waals surface area contributed by atoms with E-state index in [-0.39, 0.29) is 31.3 Å². The van der Waals surface area contributed by atoms with Crippen molar-refractivity contribution in [2.24, 2.45) is 28.1 Å². The normalized spacial score (nSPS) is 17.9. The molecule has 8 atom stereocenters. The molecule has 1 heterocycles. The third-order valence-corrected chi connectivity index (χ3v) is 7.85. The van der Waals surface area contributed by atoms with Gasteiger partial charge in [-0.15, -0.1) is 0 Å². The standard InChI is InChI=1S/C30H53N11O11/c1-13(2)21(40-23(45)14(3)36-24(46)16-7-5-9-34-16)27(49)37-17(8-6-10-35-30(32)33)25(47)41-22(15(4)43)28(50)38-18(11-20(31)44)26(48)39-19(12-42)29(51)52/h13-19,21-22,34,42-43H,5-12H2,1-4H3,(H2,31,44)(H,36,46)(H,37,49)(H,38,50)(H,39,48)(H,40,45)(H,41,47)(H,51,52)(H4,32,33,35)/t14-,15-,16-,17-,18-,19-,21-,22-/m1/s1. The number of nitrogens with zero attached hydrogens (tertiary/aromatic N) is 1. The van der Waals surface area contributed by atoms with Crippen LogP contribution in [0.2, 0.25) is 0 Å². The van der Waals surface area contributed by atoms with Crippen LogP contribution in [-0.4, -0.2) is 137 Å². The van der Waals surface area contributed by atoms with Crippen LogP contribution < -0.4 is 54.4 Å². The van der Waals surface area contributed by atoms with Crippen LogP contribution in [0.5, 0.6) is 0 Å². The Morgan fingerprint density at radius 3 is 1.83 bits per heavy atom. The second kappa shape index (κ2) is 22.0. The van der Waals surface area contributed by atoms with Gasteiger partial charge in [0.05, 0.1) is 25.2 Å². The molecule has 0 saturated carbocycles. The Hall–Kier alpha value is -5.09. The fraction of sp³-hybridized carbons (Fsp3) is 0.700. The Morgan fingerprint density at radius 1 is 0.769 bits per heavy atom. The number of nitrogens with one attached hydrogen (secondary N) is 7. The number of primary amides is 1. The summed E-state index contributed by atoms with van der Waals surface area (Å²) in [5.74, 6) is -8.64. The molecule has 22 heteroatoms. The number of carboxylic acid groups (broad SMARTS) is 1. The fourth-order valence-electron chi connectivity index (χ4n) is 4.92. The van der Waals surface area contributed by atoms with Crippen molar-refractivity contribution in [1.29, 1.82) is 0 Å². The zero-order chi connectivity index (χ0) is 39.7. The van der Waals surface area contributed by atoms with Crippen LogP contribution in [0.3, 0.4) is 0 Å². The van der Waals surface area contributed by atoms with Crippen LogP contribution in [-0.2, 0) is 38.4 Å². The zero-order valence-corrected chi connectivity index (χ0v) is 29.6. The van der Waals surface area contributed by atoms with Gasteiger partial charge in [0, 0.05) is 6.54 Å². The van der Waals surface area contributed by atoms with E-state index in [0.29, 0.717) is 13.0 Å². The first-order chi connectivity index (χ1) is 24.3. The van der Waals surface area contributed by atoms with Crippen molar-refractivity contribution >= 4 is 53.3 Å². The minimum atomic E-state index is -1.79. The van der Waals surface area contributed by atoms with E-state index in [9.17, 15) is 48.6 Å². The lowest BCUT2D eigenvalue weighted by Gasteiger charge is -2.29. The summed E-state index contributed by atoms with van der Waals surface area (Å²) in [7, 11) is 0. The molecule has 1 fully saturated rings. The summed E-state index contributed by atoms with van der Waals surface area (Å²) in [6.45, 7) is 5.54. The average molecular weight is 744 g/mol. The zero-order valence-electron chi connectivity index (χ0n) is 29.6. The second-order valence-electron chi connectivity index (χ2n) is 12.7. The van der Waals surface area contributed by atoms with E-state index < -0.39 is 109 Å². The predicted octanol–water partition coefficient (Wildman–Crippen LogP) is -6.29. The molecule has 1 rings (SSSR count). The SMILES string of the molecule is CC(C)[C@@H](NC(=O)[C@@H](C)NC(=O)[C@H]1CCCN1)C(=O)N[C@H](CCCN=C(N)N)C(=O)N[C@@H](C(=O)N[C@H](CC(N)=O)C(=O)N[C@H](CO)C(=O)O)[C@@H](C)O. The van der Waals surface area contributed by atoms with Crippen LogP contribution in [0.1, 0.15) is 59.8 Å². The van der Waals surface area contributed by atoms with Crippen molar-refractivity contribution in [3.8, 4) is 0 Å². The van der Waals surface area contributed by atoms with Gasteiger partial charge in [0.25, 0.3) is 0 Å². The number of aliphatic imine (C=N–C) groups is 1. The number of aliphatic hydroxyl groups is 2. The van der Waals surface area contributed by atoms with Crippen LogP contribution in [0.4, 0.5) is 0 Å². The summed E-state index contributed by atoms with van der Waals surface area (Å²) in [6, 6.07) is -9.39. The summed E-state index contributed by atoms with van der Waals surface area (Å²) >= 11 is 0. The largest absolute Gasteiger partial charge is 0.480 e.